The first-order chi connectivity index (χ1) is 11.8. The van der Waals surface area contributed by atoms with Gasteiger partial charge in [-0.1, -0.05) is 56.5 Å². The number of piperidine rings is 1. The fourth-order valence-electron chi connectivity index (χ4n) is 4.44. The molecule has 1 aliphatic carbocycles. The molecule has 0 aromatic heterocycles. The summed E-state index contributed by atoms with van der Waals surface area (Å²) in [6, 6.07) is 11.0. The van der Waals surface area contributed by atoms with Crippen molar-refractivity contribution in [3.63, 3.8) is 0 Å². The van der Waals surface area contributed by atoms with Gasteiger partial charge in [0.1, 0.15) is 0 Å². The zero-order valence-electron chi connectivity index (χ0n) is 15.0. The van der Waals surface area contributed by atoms with E-state index in [4.69, 9.17) is 0 Å². The van der Waals surface area contributed by atoms with Gasteiger partial charge in [0, 0.05) is 19.1 Å². The lowest BCUT2D eigenvalue weighted by molar-refractivity contribution is -0.128. The molecule has 3 heteroatoms. The Morgan fingerprint density at radius 3 is 2.71 bits per heavy atom. The minimum atomic E-state index is 0.168. The molecule has 1 N–H and O–H groups in total. The van der Waals surface area contributed by atoms with Crippen LogP contribution in [-0.2, 0) is 11.3 Å². The highest BCUT2D eigenvalue weighted by atomic mass is 16.2. The van der Waals surface area contributed by atoms with Gasteiger partial charge in [-0.25, -0.2) is 0 Å². The zero-order chi connectivity index (χ0) is 16.8. The summed E-state index contributed by atoms with van der Waals surface area (Å²) in [6.07, 6.45) is 8.42. The van der Waals surface area contributed by atoms with Gasteiger partial charge >= 0.3 is 0 Å². The molecule has 1 heterocycles. The molecule has 0 radical (unpaired) electrons. The van der Waals surface area contributed by atoms with E-state index < -0.39 is 0 Å². The molecule has 1 amide bonds. The van der Waals surface area contributed by atoms with Crippen molar-refractivity contribution in [3.05, 3.63) is 35.9 Å². The highest BCUT2D eigenvalue weighted by Gasteiger charge is 2.30. The van der Waals surface area contributed by atoms with Crippen LogP contribution in [0.2, 0.25) is 0 Å². The number of rotatable bonds is 5. The second kappa shape index (κ2) is 8.66. The van der Waals surface area contributed by atoms with Gasteiger partial charge in [-0.2, -0.15) is 0 Å². The molecule has 24 heavy (non-hydrogen) atoms. The Bertz CT molecular complexity index is 516. The van der Waals surface area contributed by atoms with E-state index in [0.29, 0.717) is 17.9 Å². The van der Waals surface area contributed by atoms with Crippen molar-refractivity contribution in [1.82, 2.24) is 10.2 Å². The molecule has 2 fully saturated rings. The second-order valence-corrected chi connectivity index (χ2v) is 7.63. The average molecular weight is 328 g/mol. The van der Waals surface area contributed by atoms with Gasteiger partial charge in [0.05, 0.1) is 5.92 Å². The molecule has 3 unspecified atom stereocenters. The predicted octanol–water partition coefficient (Wildman–Crippen LogP) is 3.98. The Balaban J connectivity index is 1.53. The van der Waals surface area contributed by atoms with E-state index >= 15 is 0 Å². The molecule has 3 rings (SSSR count). The number of carbonyl (C=O) groups excluding carboxylic acids is 1. The number of hydrogen-bond donors (Lipinski definition) is 1. The van der Waals surface area contributed by atoms with Gasteiger partial charge in [-0.3, -0.25) is 9.69 Å². The van der Waals surface area contributed by atoms with Crippen LogP contribution in [0.4, 0.5) is 0 Å². The molecule has 0 spiro atoms. The quantitative estimate of drug-likeness (QED) is 0.886. The van der Waals surface area contributed by atoms with Gasteiger partial charge in [0.2, 0.25) is 5.91 Å². The van der Waals surface area contributed by atoms with E-state index in [1.54, 1.807) is 0 Å². The Labute approximate surface area is 146 Å². The smallest absolute Gasteiger partial charge is 0.224 e. The van der Waals surface area contributed by atoms with Crippen LogP contribution in [-0.4, -0.2) is 29.9 Å². The van der Waals surface area contributed by atoms with Gasteiger partial charge < -0.3 is 5.32 Å². The Kier molecular flexibility index (Phi) is 6.30. The SMILES string of the molecule is CCC1CCCCC1NC(=O)C1CCCN(Cc2ccccc2)C1. The van der Waals surface area contributed by atoms with Crippen molar-refractivity contribution in [3.8, 4) is 0 Å². The lowest BCUT2D eigenvalue weighted by atomic mass is 9.82. The van der Waals surface area contributed by atoms with Crippen LogP contribution in [0.3, 0.4) is 0 Å². The topological polar surface area (TPSA) is 32.3 Å². The molecular formula is C21H32N2O. The second-order valence-electron chi connectivity index (χ2n) is 7.63. The fourth-order valence-corrected chi connectivity index (χ4v) is 4.44. The van der Waals surface area contributed by atoms with Crippen LogP contribution < -0.4 is 5.32 Å². The van der Waals surface area contributed by atoms with E-state index in [0.717, 1.165) is 32.5 Å². The summed E-state index contributed by atoms with van der Waals surface area (Å²) in [7, 11) is 0. The number of amides is 1. The molecule has 2 aliphatic rings. The molecule has 3 nitrogen and oxygen atoms in total. The number of carbonyl (C=O) groups is 1. The maximum atomic E-state index is 12.8. The summed E-state index contributed by atoms with van der Waals surface area (Å²) in [6.45, 7) is 5.24. The number of hydrogen-bond acceptors (Lipinski definition) is 2. The van der Waals surface area contributed by atoms with Gasteiger partial charge in [0.25, 0.3) is 0 Å². The number of benzene rings is 1. The van der Waals surface area contributed by atoms with Crippen molar-refractivity contribution < 1.29 is 4.79 Å². The molecule has 1 saturated heterocycles. The molecule has 132 valence electrons. The summed E-state index contributed by atoms with van der Waals surface area (Å²) in [5.74, 6) is 1.16. The molecule has 1 aromatic carbocycles. The highest BCUT2D eigenvalue weighted by molar-refractivity contribution is 5.79. The third-order valence-electron chi connectivity index (χ3n) is 5.89. The Morgan fingerprint density at radius 1 is 1.12 bits per heavy atom. The van der Waals surface area contributed by atoms with Crippen LogP contribution in [0, 0.1) is 11.8 Å². The van der Waals surface area contributed by atoms with Crippen LogP contribution in [0.1, 0.15) is 57.4 Å². The molecular weight excluding hydrogens is 296 g/mol. The summed E-state index contributed by atoms with van der Waals surface area (Å²) in [5, 5.41) is 3.41. The summed E-state index contributed by atoms with van der Waals surface area (Å²) < 4.78 is 0. The summed E-state index contributed by atoms with van der Waals surface area (Å²) in [5.41, 5.74) is 1.34. The van der Waals surface area contributed by atoms with Crippen LogP contribution in [0.25, 0.3) is 0 Å². The van der Waals surface area contributed by atoms with Gasteiger partial charge in [0.15, 0.2) is 0 Å². The molecule has 1 aromatic rings. The zero-order valence-corrected chi connectivity index (χ0v) is 15.0. The van der Waals surface area contributed by atoms with Crippen molar-refractivity contribution in [1.29, 1.82) is 0 Å². The summed E-state index contributed by atoms with van der Waals surface area (Å²) >= 11 is 0. The van der Waals surface area contributed by atoms with Crippen LogP contribution >= 0.6 is 0 Å². The first-order valence-corrected chi connectivity index (χ1v) is 9.83. The predicted molar refractivity (Wildman–Crippen MR) is 98.6 cm³/mol. The lowest BCUT2D eigenvalue weighted by Crippen LogP contribution is -2.48. The van der Waals surface area contributed by atoms with Crippen molar-refractivity contribution in [2.75, 3.05) is 13.1 Å². The standard InChI is InChI=1S/C21H32N2O/c1-2-18-11-6-7-13-20(18)22-21(24)19-12-8-14-23(16-19)15-17-9-4-3-5-10-17/h3-5,9-10,18-20H,2,6-8,11-16H2,1H3,(H,22,24). The molecule has 1 saturated carbocycles. The average Bonchev–Trinajstić information content (AvgIpc) is 2.63. The van der Waals surface area contributed by atoms with E-state index in [2.05, 4.69) is 47.5 Å². The normalized spacial score (nSPS) is 28.5. The van der Waals surface area contributed by atoms with E-state index in [-0.39, 0.29) is 5.92 Å². The Morgan fingerprint density at radius 2 is 1.92 bits per heavy atom. The number of nitrogens with zero attached hydrogens (tertiary/aromatic N) is 1. The lowest BCUT2D eigenvalue weighted by Gasteiger charge is -2.35. The van der Waals surface area contributed by atoms with E-state index in [9.17, 15) is 4.79 Å². The van der Waals surface area contributed by atoms with Crippen molar-refractivity contribution >= 4 is 5.91 Å². The number of likely N-dealkylation sites (tertiary alicyclic amines) is 1. The van der Waals surface area contributed by atoms with Crippen molar-refractivity contribution in [2.45, 2.75) is 64.5 Å². The molecule has 1 aliphatic heterocycles. The van der Waals surface area contributed by atoms with Gasteiger partial charge in [-0.05, 0) is 43.7 Å². The monoisotopic (exact) mass is 328 g/mol. The molecule has 3 atom stereocenters. The minimum Gasteiger partial charge on any atom is -0.353 e. The maximum absolute atomic E-state index is 12.8. The first kappa shape index (κ1) is 17.5. The number of nitrogens with one attached hydrogen (secondary N) is 1. The third kappa shape index (κ3) is 4.60. The highest BCUT2D eigenvalue weighted by Crippen LogP contribution is 2.27. The van der Waals surface area contributed by atoms with Crippen molar-refractivity contribution in [2.24, 2.45) is 11.8 Å². The van der Waals surface area contributed by atoms with E-state index in [1.165, 1.54) is 37.7 Å². The third-order valence-corrected chi connectivity index (χ3v) is 5.89. The first-order valence-electron chi connectivity index (χ1n) is 9.83. The van der Waals surface area contributed by atoms with Crippen LogP contribution in [0.15, 0.2) is 30.3 Å². The largest absolute Gasteiger partial charge is 0.353 e. The summed E-state index contributed by atoms with van der Waals surface area (Å²) in [4.78, 5) is 15.2. The molecule has 0 bridgehead atoms. The van der Waals surface area contributed by atoms with E-state index in [1.807, 2.05) is 0 Å². The Hall–Kier alpha value is -1.35. The van der Waals surface area contributed by atoms with Gasteiger partial charge in [-0.15, -0.1) is 0 Å². The maximum Gasteiger partial charge on any atom is 0.224 e. The van der Waals surface area contributed by atoms with Crippen LogP contribution in [0.5, 0.6) is 0 Å². The minimum absolute atomic E-state index is 0.168. The fraction of sp³-hybridized carbons (Fsp3) is 0.667.